The number of hydrogen-bond donors (Lipinski definition) is 2. The zero-order valence-electron chi connectivity index (χ0n) is 15.2. The minimum absolute atomic E-state index is 0.272. The standard InChI is InChI=1S/C20H17ClO6S2/c1-14-2-4-15(5-3-14)20(21,16-6-10-18(11-7-16)28(22,23)24)17-8-12-19(13-9-17)29(25,26)27/h2-13H,1H3,(H,22,23,24)(H,25,26,27). The third kappa shape index (κ3) is 4.36. The highest BCUT2D eigenvalue weighted by Crippen LogP contribution is 2.43. The van der Waals surface area contributed by atoms with E-state index in [1.54, 1.807) is 0 Å². The maximum atomic E-state index is 11.3. The van der Waals surface area contributed by atoms with Crippen molar-refractivity contribution in [3.05, 3.63) is 95.1 Å². The van der Waals surface area contributed by atoms with Crippen molar-refractivity contribution in [1.29, 1.82) is 0 Å². The van der Waals surface area contributed by atoms with E-state index in [0.29, 0.717) is 16.7 Å². The van der Waals surface area contributed by atoms with Gasteiger partial charge in [-0.3, -0.25) is 9.11 Å². The normalized spacial score (nSPS) is 12.7. The van der Waals surface area contributed by atoms with E-state index in [9.17, 15) is 25.9 Å². The summed E-state index contributed by atoms with van der Waals surface area (Å²) in [5, 5.41) is 0. The van der Waals surface area contributed by atoms with Gasteiger partial charge < -0.3 is 0 Å². The number of aryl methyl sites for hydroxylation is 1. The summed E-state index contributed by atoms with van der Waals surface area (Å²) >= 11 is 7.08. The molecule has 0 unspecified atom stereocenters. The Labute approximate surface area is 174 Å². The van der Waals surface area contributed by atoms with Gasteiger partial charge in [-0.1, -0.05) is 54.1 Å². The number of rotatable bonds is 5. The van der Waals surface area contributed by atoms with Crippen molar-refractivity contribution >= 4 is 31.8 Å². The third-order valence-electron chi connectivity index (χ3n) is 4.55. The topological polar surface area (TPSA) is 109 Å². The molecule has 0 saturated heterocycles. The van der Waals surface area contributed by atoms with Crippen LogP contribution in [0.15, 0.2) is 82.6 Å². The lowest BCUT2D eigenvalue weighted by Crippen LogP contribution is -2.22. The van der Waals surface area contributed by atoms with Crippen LogP contribution in [-0.4, -0.2) is 25.9 Å². The van der Waals surface area contributed by atoms with Gasteiger partial charge >= 0.3 is 0 Å². The quantitative estimate of drug-likeness (QED) is 0.344. The smallest absolute Gasteiger partial charge is 0.282 e. The fourth-order valence-electron chi connectivity index (χ4n) is 3.00. The van der Waals surface area contributed by atoms with Crippen LogP contribution in [0, 0.1) is 6.92 Å². The van der Waals surface area contributed by atoms with Crippen molar-refractivity contribution < 1.29 is 25.9 Å². The molecular weight excluding hydrogens is 436 g/mol. The van der Waals surface area contributed by atoms with Gasteiger partial charge in [-0.05, 0) is 47.9 Å². The largest absolute Gasteiger partial charge is 0.294 e. The first-order valence-electron chi connectivity index (χ1n) is 8.34. The van der Waals surface area contributed by atoms with Crippen molar-refractivity contribution in [1.82, 2.24) is 0 Å². The molecule has 152 valence electrons. The summed E-state index contributed by atoms with van der Waals surface area (Å²) in [6.07, 6.45) is 0. The predicted molar refractivity (Wildman–Crippen MR) is 109 cm³/mol. The molecule has 0 aliphatic heterocycles. The maximum Gasteiger partial charge on any atom is 0.294 e. The molecule has 0 aliphatic rings. The zero-order valence-corrected chi connectivity index (χ0v) is 17.5. The number of hydrogen-bond acceptors (Lipinski definition) is 4. The van der Waals surface area contributed by atoms with Crippen LogP contribution in [0.25, 0.3) is 0 Å². The fourth-order valence-corrected chi connectivity index (χ4v) is 4.33. The SMILES string of the molecule is Cc1ccc(C(Cl)(c2ccc(S(=O)(=O)O)cc2)c2ccc(S(=O)(=O)O)cc2)cc1. The van der Waals surface area contributed by atoms with Crippen LogP contribution in [0.2, 0.25) is 0 Å². The summed E-state index contributed by atoms with van der Waals surface area (Å²) in [6.45, 7) is 1.92. The average molecular weight is 453 g/mol. The summed E-state index contributed by atoms with van der Waals surface area (Å²) in [5.74, 6) is 0. The second-order valence-electron chi connectivity index (χ2n) is 6.52. The molecule has 0 spiro atoms. The minimum Gasteiger partial charge on any atom is -0.282 e. The second kappa shape index (κ2) is 7.55. The molecule has 0 aromatic heterocycles. The predicted octanol–water partition coefficient (Wildman–Crippen LogP) is 4.02. The van der Waals surface area contributed by atoms with Crippen LogP contribution < -0.4 is 0 Å². The molecule has 0 radical (unpaired) electrons. The molecule has 0 fully saturated rings. The highest BCUT2D eigenvalue weighted by molar-refractivity contribution is 7.86. The lowest BCUT2D eigenvalue weighted by atomic mass is 9.84. The van der Waals surface area contributed by atoms with Gasteiger partial charge in [0, 0.05) is 0 Å². The lowest BCUT2D eigenvalue weighted by molar-refractivity contribution is 0.481. The van der Waals surface area contributed by atoms with E-state index in [4.69, 9.17) is 11.6 Å². The molecule has 3 aromatic rings. The van der Waals surface area contributed by atoms with Crippen LogP contribution in [0.1, 0.15) is 22.3 Å². The minimum atomic E-state index is -4.36. The summed E-state index contributed by atoms with van der Waals surface area (Å²) in [7, 11) is -8.72. The van der Waals surface area contributed by atoms with E-state index < -0.39 is 25.1 Å². The Morgan fingerprint density at radius 1 is 0.621 bits per heavy atom. The molecule has 0 amide bonds. The molecule has 2 N–H and O–H groups in total. The Hall–Kier alpha value is -2.23. The zero-order chi connectivity index (χ0) is 21.4. The number of alkyl halides is 1. The summed E-state index contributed by atoms with van der Waals surface area (Å²) in [6, 6.07) is 18.2. The Kier molecular flexibility index (Phi) is 5.59. The van der Waals surface area contributed by atoms with Crippen molar-refractivity contribution in [3.8, 4) is 0 Å². The van der Waals surface area contributed by atoms with Crippen molar-refractivity contribution in [2.24, 2.45) is 0 Å². The maximum absolute atomic E-state index is 11.3. The average Bonchev–Trinajstić information content (AvgIpc) is 2.67. The van der Waals surface area contributed by atoms with Gasteiger partial charge in [0.15, 0.2) is 0 Å². The highest BCUT2D eigenvalue weighted by atomic mass is 35.5. The van der Waals surface area contributed by atoms with E-state index >= 15 is 0 Å². The Morgan fingerprint density at radius 3 is 1.17 bits per heavy atom. The molecule has 0 aliphatic carbocycles. The third-order valence-corrected chi connectivity index (χ3v) is 6.94. The van der Waals surface area contributed by atoms with Gasteiger partial charge in [0.2, 0.25) is 0 Å². The van der Waals surface area contributed by atoms with Crippen molar-refractivity contribution in [2.75, 3.05) is 0 Å². The van der Waals surface area contributed by atoms with Crippen LogP contribution in [0.3, 0.4) is 0 Å². The van der Waals surface area contributed by atoms with Gasteiger partial charge in [-0.2, -0.15) is 16.8 Å². The van der Waals surface area contributed by atoms with Gasteiger partial charge in [0.25, 0.3) is 20.2 Å². The molecule has 3 rings (SSSR count). The van der Waals surface area contributed by atoms with Gasteiger partial charge in [0.1, 0.15) is 4.87 Å². The molecule has 0 atom stereocenters. The first-order valence-corrected chi connectivity index (χ1v) is 11.6. The molecule has 0 saturated carbocycles. The summed E-state index contributed by atoms with van der Waals surface area (Å²) < 4.78 is 63.8. The molecule has 29 heavy (non-hydrogen) atoms. The first-order chi connectivity index (χ1) is 13.4. The second-order valence-corrected chi connectivity index (χ2v) is 9.93. The lowest BCUT2D eigenvalue weighted by Gasteiger charge is -2.29. The van der Waals surface area contributed by atoms with E-state index in [2.05, 4.69) is 0 Å². The van der Waals surface area contributed by atoms with Gasteiger partial charge in [-0.15, -0.1) is 11.6 Å². The van der Waals surface area contributed by atoms with E-state index in [0.717, 1.165) is 5.56 Å². The molecule has 6 nitrogen and oxygen atoms in total. The number of halogens is 1. The Balaban J connectivity index is 2.21. The molecule has 9 heteroatoms. The number of benzene rings is 3. The van der Waals surface area contributed by atoms with Gasteiger partial charge in [-0.25, -0.2) is 0 Å². The van der Waals surface area contributed by atoms with Crippen molar-refractivity contribution in [3.63, 3.8) is 0 Å². The summed E-state index contributed by atoms with van der Waals surface area (Å²) in [5.41, 5.74) is 2.70. The van der Waals surface area contributed by atoms with Crippen LogP contribution in [-0.2, 0) is 25.1 Å². The van der Waals surface area contributed by atoms with E-state index in [-0.39, 0.29) is 9.79 Å². The van der Waals surface area contributed by atoms with E-state index in [1.165, 1.54) is 48.5 Å². The van der Waals surface area contributed by atoms with Gasteiger partial charge in [0.05, 0.1) is 9.79 Å². The highest BCUT2D eigenvalue weighted by Gasteiger charge is 2.34. The first kappa shape index (κ1) is 21.5. The summed E-state index contributed by atoms with van der Waals surface area (Å²) in [4.78, 5) is -1.82. The van der Waals surface area contributed by atoms with Crippen LogP contribution >= 0.6 is 11.6 Å². The Bertz CT molecular complexity index is 1160. The molecule has 0 bridgehead atoms. The Morgan fingerprint density at radius 2 is 0.897 bits per heavy atom. The molecular formula is C20H17ClO6S2. The monoisotopic (exact) mass is 452 g/mol. The van der Waals surface area contributed by atoms with E-state index in [1.807, 2.05) is 31.2 Å². The molecule has 0 heterocycles. The van der Waals surface area contributed by atoms with Crippen LogP contribution in [0.5, 0.6) is 0 Å². The fraction of sp³-hybridized carbons (Fsp3) is 0.100. The van der Waals surface area contributed by atoms with Crippen molar-refractivity contribution in [2.45, 2.75) is 21.6 Å². The molecule has 3 aromatic carbocycles. The van der Waals surface area contributed by atoms with Crippen LogP contribution in [0.4, 0.5) is 0 Å².